The van der Waals surface area contributed by atoms with E-state index in [9.17, 15) is 27.1 Å². The van der Waals surface area contributed by atoms with Crippen LogP contribution in [0.1, 0.15) is 11.7 Å². The minimum absolute atomic E-state index is 0.246. The first kappa shape index (κ1) is 15.2. The van der Waals surface area contributed by atoms with Gasteiger partial charge in [0, 0.05) is 10.0 Å². The lowest BCUT2D eigenvalue weighted by Crippen LogP contribution is -2.42. The second kappa shape index (κ2) is 5.00. The van der Waals surface area contributed by atoms with E-state index in [1.54, 1.807) is 0 Å². The van der Waals surface area contributed by atoms with E-state index in [-0.39, 0.29) is 10.2 Å². The summed E-state index contributed by atoms with van der Waals surface area (Å²) in [5, 5.41) is 9.25. The molecule has 0 fully saturated rings. The molecule has 0 aromatic heterocycles. The monoisotopic (exact) mass is 334 g/mol. The fourth-order valence-corrected chi connectivity index (χ4v) is 1.65. The zero-order valence-corrected chi connectivity index (χ0v) is 10.5. The maximum atomic E-state index is 13.0. The molecule has 1 aromatic carbocycles. The first-order chi connectivity index (χ1) is 8.11. The Kier molecular flexibility index (Phi) is 4.22. The number of rotatable bonds is 3. The standard InChI is InChI=1S/C10H8BrF5O2/c1-18-7-3-2-5(11)4-6(7)8(17)9(12,13)10(14,15)16/h2-4,8,17H,1H3. The number of benzene rings is 1. The minimum atomic E-state index is -5.85. The number of halogens is 6. The van der Waals surface area contributed by atoms with Gasteiger partial charge in [0.1, 0.15) is 5.75 Å². The number of alkyl halides is 5. The Labute approximate surface area is 107 Å². The van der Waals surface area contributed by atoms with Crippen LogP contribution < -0.4 is 4.74 Å². The number of hydrogen-bond donors (Lipinski definition) is 1. The number of methoxy groups -OCH3 is 1. The van der Waals surface area contributed by atoms with Crippen LogP contribution in [-0.4, -0.2) is 24.3 Å². The Morgan fingerprint density at radius 2 is 1.78 bits per heavy atom. The van der Waals surface area contributed by atoms with Crippen molar-refractivity contribution in [1.29, 1.82) is 0 Å². The molecule has 0 bridgehead atoms. The van der Waals surface area contributed by atoms with Crippen LogP contribution in [0.4, 0.5) is 22.0 Å². The third-order valence-electron chi connectivity index (χ3n) is 2.21. The van der Waals surface area contributed by atoms with Gasteiger partial charge in [-0.2, -0.15) is 22.0 Å². The first-order valence-electron chi connectivity index (χ1n) is 4.57. The molecule has 2 nitrogen and oxygen atoms in total. The second-order valence-corrected chi connectivity index (χ2v) is 4.33. The van der Waals surface area contributed by atoms with Crippen molar-refractivity contribution in [3.8, 4) is 5.75 Å². The van der Waals surface area contributed by atoms with Crippen LogP contribution in [0.25, 0.3) is 0 Å². The van der Waals surface area contributed by atoms with Crippen LogP contribution >= 0.6 is 15.9 Å². The van der Waals surface area contributed by atoms with E-state index >= 15 is 0 Å². The van der Waals surface area contributed by atoms with Gasteiger partial charge in [-0.15, -0.1) is 0 Å². The van der Waals surface area contributed by atoms with Crippen LogP contribution in [-0.2, 0) is 0 Å². The molecule has 8 heteroatoms. The van der Waals surface area contributed by atoms with Crippen molar-refractivity contribution < 1.29 is 31.8 Å². The van der Waals surface area contributed by atoms with Crippen LogP contribution in [0.5, 0.6) is 5.75 Å². The zero-order valence-electron chi connectivity index (χ0n) is 8.93. The molecule has 0 saturated carbocycles. The average molecular weight is 335 g/mol. The molecule has 1 N–H and O–H groups in total. The molecule has 0 saturated heterocycles. The molecule has 18 heavy (non-hydrogen) atoms. The largest absolute Gasteiger partial charge is 0.496 e. The summed E-state index contributed by atoms with van der Waals surface area (Å²) in [6.07, 6.45) is -8.88. The number of ether oxygens (including phenoxy) is 1. The summed E-state index contributed by atoms with van der Waals surface area (Å²) in [6.45, 7) is 0. The fourth-order valence-electron chi connectivity index (χ4n) is 1.27. The average Bonchev–Trinajstić information content (AvgIpc) is 2.26. The highest BCUT2D eigenvalue weighted by Gasteiger charge is 2.63. The van der Waals surface area contributed by atoms with Gasteiger partial charge in [-0.3, -0.25) is 0 Å². The van der Waals surface area contributed by atoms with Crippen LogP contribution in [0, 0.1) is 0 Å². The van der Waals surface area contributed by atoms with Crippen LogP contribution in [0.2, 0.25) is 0 Å². The number of aliphatic hydroxyl groups is 1. The van der Waals surface area contributed by atoms with Gasteiger partial charge in [0.15, 0.2) is 6.10 Å². The fraction of sp³-hybridized carbons (Fsp3) is 0.400. The van der Waals surface area contributed by atoms with Crippen molar-refractivity contribution in [2.24, 2.45) is 0 Å². The number of hydrogen-bond acceptors (Lipinski definition) is 2. The summed E-state index contributed by atoms with van der Waals surface area (Å²) in [4.78, 5) is 0. The summed E-state index contributed by atoms with van der Waals surface area (Å²) in [7, 11) is 1.10. The lowest BCUT2D eigenvalue weighted by molar-refractivity contribution is -0.315. The second-order valence-electron chi connectivity index (χ2n) is 3.41. The normalized spacial score (nSPS) is 14.4. The van der Waals surface area contributed by atoms with E-state index < -0.39 is 23.8 Å². The van der Waals surface area contributed by atoms with Crippen molar-refractivity contribution in [2.45, 2.75) is 18.2 Å². The smallest absolute Gasteiger partial charge is 0.456 e. The number of aliphatic hydroxyl groups excluding tert-OH is 1. The quantitative estimate of drug-likeness (QED) is 0.854. The van der Waals surface area contributed by atoms with Crippen molar-refractivity contribution in [3.05, 3.63) is 28.2 Å². The lowest BCUT2D eigenvalue weighted by atomic mass is 10.0. The van der Waals surface area contributed by atoms with Gasteiger partial charge in [-0.25, -0.2) is 0 Å². The highest BCUT2D eigenvalue weighted by atomic mass is 79.9. The van der Waals surface area contributed by atoms with E-state index in [0.29, 0.717) is 0 Å². The first-order valence-corrected chi connectivity index (χ1v) is 5.36. The highest BCUT2D eigenvalue weighted by molar-refractivity contribution is 9.10. The molecule has 0 radical (unpaired) electrons. The van der Waals surface area contributed by atoms with Gasteiger partial charge in [-0.1, -0.05) is 15.9 Å². The zero-order chi connectivity index (χ0) is 14.1. The third kappa shape index (κ3) is 2.74. The maximum Gasteiger partial charge on any atom is 0.456 e. The van der Waals surface area contributed by atoms with E-state index in [1.807, 2.05) is 0 Å². The minimum Gasteiger partial charge on any atom is -0.496 e. The molecule has 1 rings (SSSR count). The Balaban J connectivity index is 3.26. The maximum absolute atomic E-state index is 13.0. The van der Waals surface area contributed by atoms with E-state index in [2.05, 4.69) is 20.7 Å². The molecule has 1 unspecified atom stereocenters. The predicted octanol–water partition coefficient (Wildman–Crippen LogP) is 3.69. The molecule has 102 valence electrons. The van der Waals surface area contributed by atoms with Crippen molar-refractivity contribution in [2.75, 3.05) is 7.11 Å². The van der Waals surface area contributed by atoms with E-state index in [4.69, 9.17) is 0 Å². The molecule has 0 aliphatic rings. The molecule has 0 aliphatic carbocycles. The molecule has 1 aromatic rings. The Morgan fingerprint density at radius 1 is 1.22 bits per heavy atom. The Bertz CT molecular complexity index is 433. The van der Waals surface area contributed by atoms with Gasteiger partial charge >= 0.3 is 12.1 Å². The van der Waals surface area contributed by atoms with Gasteiger partial charge in [-0.05, 0) is 18.2 Å². The molecular weight excluding hydrogens is 327 g/mol. The SMILES string of the molecule is COc1ccc(Br)cc1C(O)C(F)(F)C(F)(F)F. The lowest BCUT2D eigenvalue weighted by Gasteiger charge is -2.26. The molecule has 1 atom stereocenters. The van der Waals surface area contributed by atoms with Gasteiger partial charge < -0.3 is 9.84 Å². The predicted molar refractivity (Wildman–Crippen MR) is 56.7 cm³/mol. The third-order valence-corrected chi connectivity index (χ3v) is 2.70. The summed E-state index contributed by atoms with van der Waals surface area (Å²) in [5.74, 6) is -5.52. The van der Waals surface area contributed by atoms with E-state index in [0.717, 1.165) is 13.2 Å². The van der Waals surface area contributed by atoms with Crippen molar-refractivity contribution in [1.82, 2.24) is 0 Å². The molecule has 0 amide bonds. The Hall–Kier alpha value is -0.890. The molecule has 0 heterocycles. The summed E-state index contributed by atoms with van der Waals surface area (Å²) in [6, 6.07) is 3.51. The van der Waals surface area contributed by atoms with Gasteiger partial charge in [0.2, 0.25) is 0 Å². The van der Waals surface area contributed by atoms with Crippen LogP contribution in [0.3, 0.4) is 0 Å². The van der Waals surface area contributed by atoms with E-state index in [1.165, 1.54) is 12.1 Å². The van der Waals surface area contributed by atoms with Gasteiger partial charge in [0.05, 0.1) is 7.11 Å². The topological polar surface area (TPSA) is 29.5 Å². The molecule has 0 spiro atoms. The van der Waals surface area contributed by atoms with Crippen LogP contribution in [0.15, 0.2) is 22.7 Å². The van der Waals surface area contributed by atoms with Gasteiger partial charge in [0.25, 0.3) is 0 Å². The molecular formula is C10H8BrF5O2. The van der Waals surface area contributed by atoms with Crippen molar-refractivity contribution >= 4 is 15.9 Å². The van der Waals surface area contributed by atoms with Crippen molar-refractivity contribution in [3.63, 3.8) is 0 Å². The Morgan fingerprint density at radius 3 is 2.22 bits per heavy atom. The summed E-state index contributed by atoms with van der Waals surface area (Å²) in [5.41, 5.74) is -0.644. The highest BCUT2D eigenvalue weighted by Crippen LogP contribution is 2.46. The summed E-state index contributed by atoms with van der Waals surface area (Å²) >= 11 is 2.92. The summed E-state index contributed by atoms with van der Waals surface area (Å²) < 4.78 is 67.3. The molecule has 0 aliphatic heterocycles.